The predicted molar refractivity (Wildman–Crippen MR) is 41.9 cm³/mol. The molecule has 0 aromatic carbocycles. The first-order valence-electron chi connectivity index (χ1n) is 3.12. The van der Waals surface area contributed by atoms with Gasteiger partial charge in [-0.25, -0.2) is 0 Å². The molecule has 2 heteroatoms. The Labute approximate surface area is 60.8 Å². The number of rotatable bonds is 3. The third-order valence-corrected chi connectivity index (χ3v) is 0.965. The van der Waals surface area contributed by atoms with Gasteiger partial charge >= 0.3 is 0 Å². The molecule has 0 atom stereocenters. The van der Waals surface area contributed by atoms with Crippen molar-refractivity contribution in [3.63, 3.8) is 0 Å². The fourth-order valence-electron chi connectivity index (χ4n) is 0.442. The van der Waals surface area contributed by atoms with E-state index in [4.69, 9.17) is 10.2 Å². The van der Waals surface area contributed by atoms with E-state index in [1.165, 1.54) is 18.2 Å². The van der Waals surface area contributed by atoms with Gasteiger partial charge in [-0.3, -0.25) is 0 Å². The van der Waals surface area contributed by atoms with Gasteiger partial charge < -0.3 is 10.2 Å². The summed E-state index contributed by atoms with van der Waals surface area (Å²) in [6, 6.07) is 0. The van der Waals surface area contributed by atoms with E-state index in [2.05, 4.69) is 6.58 Å². The lowest BCUT2D eigenvalue weighted by atomic mass is 10.3. The van der Waals surface area contributed by atoms with Crippen LogP contribution in [0.15, 0.2) is 36.3 Å². The average Bonchev–Trinajstić information content (AvgIpc) is 1.88. The predicted octanol–water partition coefficient (Wildman–Crippen LogP) is 2.47. The summed E-state index contributed by atoms with van der Waals surface area (Å²) in [5.74, 6) is 0.185. The molecule has 0 heterocycles. The number of hydrogen-bond donors (Lipinski definition) is 2. The highest BCUT2D eigenvalue weighted by molar-refractivity contribution is 5.17. The van der Waals surface area contributed by atoms with Gasteiger partial charge in [0.05, 0.1) is 5.76 Å². The Morgan fingerprint density at radius 3 is 2.50 bits per heavy atom. The van der Waals surface area contributed by atoms with Crippen LogP contribution >= 0.6 is 0 Å². The van der Waals surface area contributed by atoms with Crippen molar-refractivity contribution in [3.05, 3.63) is 36.3 Å². The van der Waals surface area contributed by atoms with Crippen LogP contribution in [0.5, 0.6) is 0 Å². The minimum absolute atomic E-state index is 0.0225. The number of allylic oxidation sites excluding steroid dienone is 4. The van der Waals surface area contributed by atoms with Gasteiger partial charge in [0.1, 0.15) is 5.76 Å². The molecule has 0 bridgehead atoms. The lowest BCUT2D eigenvalue weighted by Crippen LogP contribution is -1.79. The molecule has 0 unspecified atom stereocenters. The molecule has 0 amide bonds. The maximum Gasteiger partial charge on any atom is 0.118 e. The van der Waals surface area contributed by atoms with Crippen molar-refractivity contribution in [3.8, 4) is 0 Å². The molecule has 10 heavy (non-hydrogen) atoms. The van der Waals surface area contributed by atoms with Crippen molar-refractivity contribution in [2.45, 2.75) is 13.3 Å². The molecular formula is C8H12O2. The molecule has 2 nitrogen and oxygen atoms in total. The van der Waals surface area contributed by atoms with Gasteiger partial charge in [-0.1, -0.05) is 19.6 Å². The van der Waals surface area contributed by atoms with Gasteiger partial charge in [0, 0.05) is 12.5 Å². The second kappa shape index (κ2) is 4.68. The van der Waals surface area contributed by atoms with Gasteiger partial charge in [0.25, 0.3) is 0 Å². The summed E-state index contributed by atoms with van der Waals surface area (Å²) >= 11 is 0. The Balaban J connectivity index is 4.11. The Hall–Kier alpha value is -1.18. The summed E-state index contributed by atoms with van der Waals surface area (Å²) in [5, 5.41) is 17.8. The van der Waals surface area contributed by atoms with Crippen LogP contribution in [0.2, 0.25) is 0 Å². The van der Waals surface area contributed by atoms with Crippen molar-refractivity contribution < 1.29 is 10.2 Å². The number of aliphatic hydroxyl groups is 2. The molecule has 0 aliphatic rings. The molecular weight excluding hydrogens is 128 g/mol. The molecule has 0 saturated heterocycles. The molecule has 0 spiro atoms. The SMILES string of the molecule is C=C/C=C(O)\C=C(\O)CC. The number of aliphatic hydroxyl groups excluding tert-OH is 2. The molecule has 0 aromatic heterocycles. The summed E-state index contributed by atoms with van der Waals surface area (Å²) in [5.41, 5.74) is 0. The third kappa shape index (κ3) is 3.78. The summed E-state index contributed by atoms with van der Waals surface area (Å²) in [6.07, 6.45) is 4.68. The second-order valence-corrected chi connectivity index (χ2v) is 1.82. The molecule has 0 saturated carbocycles. The summed E-state index contributed by atoms with van der Waals surface area (Å²) in [7, 11) is 0. The molecule has 2 N–H and O–H groups in total. The van der Waals surface area contributed by atoms with Crippen molar-refractivity contribution in [1.82, 2.24) is 0 Å². The fraction of sp³-hybridized carbons (Fsp3) is 0.250. The summed E-state index contributed by atoms with van der Waals surface area (Å²) < 4.78 is 0. The van der Waals surface area contributed by atoms with Crippen LogP contribution in [-0.2, 0) is 0 Å². The van der Waals surface area contributed by atoms with Crippen LogP contribution < -0.4 is 0 Å². The van der Waals surface area contributed by atoms with E-state index in [0.717, 1.165) is 0 Å². The molecule has 0 aliphatic heterocycles. The lowest BCUT2D eigenvalue weighted by molar-refractivity contribution is 0.379. The third-order valence-electron chi connectivity index (χ3n) is 0.965. The standard InChI is InChI=1S/C8H12O2/c1-3-5-8(10)6-7(9)4-2/h3,5-6,9-10H,1,4H2,2H3/b7-6+,8-5+. The van der Waals surface area contributed by atoms with Crippen LogP contribution in [0, 0.1) is 0 Å². The zero-order valence-corrected chi connectivity index (χ0v) is 6.04. The summed E-state index contributed by atoms with van der Waals surface area (Å²) in [6.45, 7) is 5.19. The van der Waals surface area contributed by atoms with E-state index in [1.54, 1.807) is 6.92 Å². The Morgan fingerprint density at radius 2 is 2.10 bits per heavy atom. The first-order chi connectivity index (χ1) is 4.70. The minimum Gasteiger partial charge on any atom is -0.512 e. The van der Waals surface area contributed by atoms with E-state index >= 15 is 0 Å². The quantitative estimate of drug-likeness (QED) is 0.467. The maximum absolute atomic E-state index is 8.90. The Kier molecular flexibility index (Phi) is 4.12. The highest BCUT2D eigenvalue weighted by Gasteiger charge is 1.88. The van der Waals surface area contributed by atoms with Crippen LogP contribution in [0.1, 0.15) is 13.3 Å². The van der Waals surface area contributed by atoms with Crippen LogP contribution in [0.25, 0.3) is 0 Å². The van der Waals surface area contributed by atoms with E-state index in [-0.39, 0.29) is 11.5 Å². The second-order valence-electron chi connectivity index (χ2n) is 1.82. The summed E-state index contributed by atoms with van der Waals surface area (Å²) in [4.78, 5) is 0. The van der Waals surface area contributed by atoms with Crippen LogP contribution in [0.3, 0.4) is 0 Å². The normalized spacial score (nSPS) is 13.3. The lowest BCUT2D eigenvalue weighted by Gasteiger charge is -1.92. The van der Waals surface area contributed by atoms with E-state index in [0.29, 0.717) is 6.42 Å². The van der Waals surface area contributed by atoms with Crippen molar-refractivity contribution in [2.75, 3.05) is 0 Å². The van der Waals surface area contributed by atoms with E-state index < -0.39 is 0 Å². The molecule has 0 aromatic rings. The molecule has 0 aliphatic carbocycles. The zero-order valence-electron chi connectivity index (χ0n) is 6.04. The highest BCUT2D eigenvalue weighted by atomic mass is 16.3. The van der Waals surface area contributed by atoms with Crippen molar-refractivity contribution >= 4 is 0 Å². The Morgan fingerprint density at radius 1 is 1.50 bits per heavy atom. The smallest absolute Gasteiger partial charge is 0.118 e. The molecule has 56 valence electrons. The Bertz CT molecular complexity index is 166. The fourth-order valence-corrected chi connectivity index (χ4v) is 0.442. The van der Waals surface area contributed by atoms with Gasteiger partial charge in [-0.15, -0.1) is 0 Å². The zero-order chi connectivity index (χ0) is 7.98. The van der Waals surface area contributed by atoms with Crippen LogP contribution in [-0.4, -0.2) is 10.2 Å². The molecule has 0 radical (unpaired) electrons. The van der Waals surface area contributed by atoms with Crippen molar-refractivity contribution in [1.29, 1.82) is 0 Å². The number of hydrogen-bond acceptors (Lipinski definition) is 2. The topological polar surface area (TPSA) is 40.5 Å². The molecule has 0 fully saturated rings. The maximum atomic E-state index is 8.90. The first kappa shape index (κ1) is 8.82. The first-order valence-corrected chi connectivity index (χ1v) is 3.12. The largest absolute Gasteiger partial charge is 0.512 e. The van der Waals surface area contributed by atoms with Gasteiger partial charge in [-0.2, -0.15) is 0 Å². The van der Waals surface area contributed by atoms with Crippen molar-refractivity contribution in [2.24, 2.45) is 0 Å². The van der Waals surface area contributed by atoms with E-state index in [9.17, 15) is 0 Å². The average molecular weight is 140 g/mol. The molecule has 0 rings (SSSR count). The van der Waals surface area contributed by atoms with Crippen LogP contribution in [0.4, 0.5) is 0 Å². The van der Waals surface area contributed by atoms with Gasteiger partial charge in [0.2, 0.25) is 0 Å². The minimum atomic E-state index is 0.0225. The van der Waals surface area contributed by atoms with Gasteiger partial charge in [0.15, 0.2) is 0 Å². The monoisotopic (exact) mass is 140 g/mol. The van der Waals surface area contributed by atoms with E-state index in [1.807, 2.05) is 0 Å². The highest BCUT2D eigenvalue weighted by Crippen LogP contribution is 1.99. The van der Waals surface area contributed by atoms with Gasteiger partial charge in [-0.05, 0) is 6.08 Å².